The van der Waals surface area contributed by atoms with E-state index in [4.69, 9.17) is 23.2 Å². The molecule has 4 nitrogen and oxygen atoms in total. The fraction of sp³-hybridized carbons (Fsp3) is 0.333. The lowest BCUT2D eigenvalue weighted by molar-refractivity contribution is 0.629. The van der Waals surface area contributed by atoms with Crippen LogP contribution in [0.3, 0.4) is 0 Å². The third kappa shape index (κ3) is 4.48. The number of nitrogens with one attached hydrogen (secondary N) is 2. The highest BCUT2D eigenvalue weighted by Gasteiger charge is 2.13. The quantitative estimate of drug-likeness (QED) is 0.829. The molecule has 1 aromatic carbocycles. The van der Waals surface area contributed by atoms with Crippen molar-refractivity contribution in [3.63, 3.8) is 0 Å². The van der Waals surface area contributed by atoms with Crippen molar-refractivity contribution >= 4 is 40.5 Å². The Hall–Kier alpha value is -1.52. The van der Waals surface area contributed by atoms with Gasteiger partial charge in [0.2, 0.25) is 0 Å². The van der Waals surface area contributed by atoms with Gasteiger partial charge in [-0.25, -0.2) is 9.97 Å². The van der Waals surface area contributed by atoms with Gasteiger partial charge in [-0.05, 0) is 39.8 Å². The van der Waals surface area contributed by atoms with E-state index in [1.807, 2.05) is 13.0 Å². The molecule has 1 aromatic heterocycles. The van der Waals surface area contributed by atoms with E-state index in [1.54, 1.807) is 18.2 Å². The predicted octanol–water partition coefficient (Wildman–Crippen LogP) is 5.05. The number of aryl methyl sites for hydroxylation is 1. The molecule has 0 saturated heterocycles. The van der Waals surface area contributed by atoms with Gasteiger partial charge in [0.25, 0.3) is 0 Å². The minimum absolute atomic E-state index is 0.0832. The molecule has 112 valence electrons. The van der Waals surface area contributed by atoms with Crippen LogP contribution in [-0.4, -0.2) is 15.5 Å². The monoisotopic (exact) mass is 324 g/mol. The lowest BCUT2D eigenvalue weighted by Gasteiger charge is -2.22. The second kappa shape index (κ2) is 6.08. The summed E-state index contributed by atoms with van der Waals surface area (Å²) >= 11 is 12.3. The van der Waals surface area contributed by atoms with Crippen molar-refractivity contribution in [2.45, 2.75) is 33.2 Å². The molecular weight excluding hydrogens is 307 g/mol. The van der Waals surface area contributed by atoms with Gasteiger partial charge in [0, 0.05) is 11.6 Å². The Kier molecular flexibility index (Phi) is 4.59. The summed E-state index contributed by atoms with van der Waals surface area (Å²) in [6.45, 7) is 8.06. The summed E-state index contributed by atoms with van der Waals surface area (Å²) in [4.78, 5) is 8.74. The first-order valence-corrected chi connectivity index (χ1v) is 7.35. The molecule has 0 aliphatic rings. The maximum absolute atomic E-state index is 6.16. The molecule has 2 N–H and O–H groups in total. The van der Waals surface area contributed by atoms with E-state index in [0.29, 0.717) is 27.4 Å². The predicted molar refractivity (Wildman–Crippen MR) is 89.9 cm³/mol. The molecule has 0 atom stereocenters. The van der Waals surface area contributed by atoms with Crippen LogP contribution in [0.15, 0.2) is 24.3 Å². The first-order valence-electron chi connectivity index (χ1n) is 6.59. The van der Waals surface area contributed by atoms with Crippen LogP contribution in [0.1, 0.15) is 26.6 Å². The molecular formula is C15H18Cl2N4. The Balaban J connectivity index is 2.32. The van der Waals surface area contributed by atoms with E-state index in [1.165, 1.54) is 0 Å². The van der Waals surface area contributed by atoms with Crippen molar-refractivity contribution in [3.05, 3.63) is 40.1 Å². The zero-order valence-corrected chi connectivity index (χ0v) is 14.0. The summed E-state index contributed by atoms with van der Waals surface area (Å²) in [5.74, 6) is 2.06. The molecule has 0 radical (unpaired) electrons. The molecule has 0 unspecified atom stereocenters. The van der Waals surface area contributed by atoms with E-state index in [0.717, 1.165) is 5.82 Å². The van der Waals surface area contributed by atoms with Crippen molar-refractivity contribution in [2.24, 2.45) is 0 Å². The number of nitrogens with zero attached hydrogens (tertiary/aromatic N) is 2. The molecule has 0 amide bonds. The number of benzene rings is 1. The molecule has 1 heterocycles. The fourth-order valence-corrected chi connectivity index (χ4v) is 2.32. The van der Waals surface area contributed by atoms with Crippen LogP contribution in [0, 0.1) is 6.92 Å². The number of anilines is 3. The highest BCUT2D eigenvalue weighted by atomic mass is 35.5. The first-order chi connectivity index (χ1) is 9.74. The second-order valence-corrected chi connectivity index (χ2v) is 6.60. The van der Waals surface area contributed by atoms with E-state index >= 15 is 0 Å². The minimum atomic E-state index is -0.0832. The Morgan fingerprint density at radius 3 is 2.14 bits per heavy atom. The topological polar surface area (TPSA) is 49.8 Å². The molecule has 0 aliphatic heterocycles. The third-order valence-electron chi connectivity index (χ3n) is 2.56. The van der Waals surface area contributed by atoms with Crippen LogP contribution in [0.25, 0.3) is 0 Å². The van der Waals surface area contributed by atoms with Crippen molar-refractivity contribution in [3.8, 4) is 0 Å². The van der Waals surface area contributed by atoms with Crippen molar-refractivity contribution < 1.29 is 0 Å². The van der Waals surface area contributed by atoms with E-state index in [-0.39, 0.29) is 5.54 Å². The van der Waals surface area contributed by atoms with E-state index < -0.39 is 0 Å². The zero-order valence-electron chi connectivity index (χ0n) is 12.5. The van der Waals surface area contributed by atoms with Crippen molar-refractivity contribution in [1.29, 1.82) is 0 Å². The van der Waals surface area contributed by atoms with Gasteiger partial charge in [-0.3, -0.25) is 0 Å². The van der Waals surface area contributed by atoms with Crippen LogP contribution >= 0.6 is 23.2 Å². The highest BCUT2D eigenvalue weighted by Crippen LogP contribution is 2.32. The Bertz CT molecular complexity index is 630. The smallest absolute Gasteiger partial charge is 0.136 e. The van der Waals surface area contributed by atoms with Crippen LogP contribution < -0.4 is 10.6 Å². The van der Waals surface area contributed by atoms with E-state index in [9.17, 15) is 0 Å². The molecule has 6 heteroatoms. The standard InChI is InChI=1S/C15H18Cl2N4/c1-9-18-12(8-13(19-9)21-15(2,3)4)20-14-10(16)6-5-7-11(14)17/h5-8H,1-4H3,(H2,18,19,20,21). The lowest BCUT2D eigenvalue weighted by atomic mass is 10.1. The SMILES string of the molecule is Cc1nc(Nc2c(Cl)cccc2Cl)cc(NC(C)(C)C)n1. The number of aromatic nitrogens is 2. The number of halogens is 2. The van der Waals surface area contributed by atoms with Gasteiger partial charge in [0.15, 0.2) is 0 Å². The Morgan fingerprint density at radius 1 is 1.00 bits per heavy atom. The molecule has 2 rings (SSSR count). The van der Waals surface area contributed by atoms with Crippen LogP contribution in [-0.2, 0) is 0 Å². The molecule has 0 bridgehead atoms. The van der Waals surface area contributed by atoms with Crippen LogP contribution in [0.2, 0.25) is 10.0 Å². The summed E-state index contributed by atoms with van der Waals surface area (Å²) in [6.07, 6.45) is 0. The normalized spacial score (nSPS) is 11.3. The average Bonchev–Trinajstić information content (AvgIpc) is 2.31. The van der Waals surface area contributed by atoms with Gasteiger partial charge < -0.3 is 10.6 Å². The largest absolute Gasteiger partial charge is 0.365 e. The van der Waals surface area contributed by atoms with Gasteiger partial charge in [-0.2, -0.15) is 0 Å². The molecule has 21 heavy (non-hydrogen) atoms. The number of hydrogen-bond acceptors (Lipinski definition) is 4. The number of hydrogen-bond donors (Lipinski definition) is 2. The van der Waals surface area contributed by atoms with Gasteiger partial charge in [-0.1, -0.05) is 29.3 Å². The van der Waals surface area contributed by atoms with Gasteiger partial charge in [0.1, 0.15) is 17.5 Å². The molecule has 0 spiro atoms. The van der Waals surface area contributed by atoms with E-state index in [2.05, 4.69) is 41.4 Å². The van der Waals surface area contributed by atoms with Crippen molar-refractivity contribution in [2.75, 3.05) is 10.6 Å². The number of rotatable bonds is 3. The van der Waals surface area contributed by atoms with Crippen molar-refractivity contribution in [1.82, 2.24) is 9.97 Å². The van der Waals surface area contributed by atoms with Crippen LogP contribution in [0.5, 0.6) is 0 Å². The zero-order chi connectivity index (χ0) is 15.6. The van der Waals surface area contributed by atoms with Gasteiger partial charge >= 0.3 is 0 Å². The molecule has 0 fully saturated rings. The summed E-state index contributed by atoms with van der Waals surface area (Å²) in [5, 5.41) is 7.56. The maximum atomic E-state index is 6.16. The van der Waals surface area contributed by atoms with Gasteiger partial charge in [-0.15, -0.1) is 0 Å². The average molecular weight is 325 g/mol. The highest BCUT2D eigenvalue weighted by molar-refractivity contribution is 6.39. The summed E-state index contributed by atoms with van der Waals surface area (Å²) < 4.78 is 0. The fourth-order valence-electron chi connectivity index (χ4n) is 1.83. The summed E-state index contributed by atoms with van der Waals surface area (Å²) in [7, 11) is 0. The molecule has 0 saturated carbocycles. The molecule has 0 aliphatic carbocycles. The molecule has 2 aromatic rings. The minimum Gasteiger partial charge on any atom is -0.365 e. The number of para-hydroxylation sites is 1. The van der Waals surface area contributed by atoms with Gasteiger partial charge in [0.05, 0.1) is 15.7 Å². The summed E-state index contributed by atoms with van der Waals surface area (Å²) in [6, 6.07) is 7.18. The Labute approximate surface area is 134 Å². The second-order valence-electron chi connectivity index (χ2n) is 5.78. The Morgan fingerprint density at radius 2 is 1.57 bits per heavy atom. The summed E-state index contributed by atoms with van der Waals surface area (Å²) in [5.41, 5.74) is 0.556. The maximum Gasteiger partial charge on any atom is 0.136 e. The lowest BCUT2D eigenvalue weighted by Crippen LogP contribution is -2.27. The van der Waals surface area contributed by atoms with Crippen LogP contribution in [0.4, 0.5) is 17.3 Å². The first kappa shape index (κ1) is 15.9. The third-order valence-corrected chi connectivity index (χ3v) is 3.19.